The smallest absolute Gasteiger partial charge is 0.398 e. The van der Waals surface area contributed by atoms with E-state index in [4.69, 9.17) is 21.2 Å². The van der Waals surface area contributed by atoms with Crippen LogP contribution >= 0.6 is 0 Å². The number of aromatic nitrogens is 1. The van der Waals surface area contributed by atoms with Gasteiger partial charge in [0.25, 0.3) is 0 Å². The second-order valence-electron chi connectivity index (χ2n) is 9.87. The molecule has 1 aromatic heterocycles. The molecule has 2 saturated carbocycles. The number of aliphatic imine (C=N–C) groups is 1. The van der Waals surface area contributed by atoms with Crippen molar-refractivity contribution in [3.63, 3.8) is 0 Å². The van der Waals surface area contributed by atoms with Gasteiger partial charge >= 0.3 is 6.18 Å². The topological polar surface area (TPSA) is 89.8 Å². The van der Waals surface area contributed by atoms with Crippen LogP contribution in [0.1, 0.15) is 37.8 Å². The maximum atomic E-state index is 13.2. The molecule has 9 heteroatoms. The number of nitrogen functional groups attached to an aromatic ring is 1. The van der Waals surface area contributed by atoms with Crippen LogP contribution in [0.15, 0.2) is 23.3 Å². The van der Waals surface area contributed by atoms with Crippen LogP contribution in [0.5, 0.6) is 0 Å². The van der Waals surface area contributed by atoms with Gasteiger partial charge in [-0.15, -0.1) is 0 Å². The first-order chi connectivity index (χ1) is 15.0. The zero-order valence-electron chi connectivity index (χ0n) is 18.8. The fraction of sp³-hybridized carbons (Fsp3) is 0.652. The summed E-state index contributed by atoms with van der Waals surface area (Å²) in [7, 11) is 1.73. The molecule has 0 amide bonds. The minimum Gasteiger partial charge on any atom is -0.398 e. The third-order valence-corrected chi connectivity index (χ3v) is 7.01. The number of nitrogens with zero attached hydrogens (tertiary/aromatic N) is 3. The van der Waals surface area contributed by atoms with Crippen LogP contribution in [0.2, 0.25) is 0 Å². The maximum absolute atomic E-state index is 13.2. The van der Waals surface area contributed by atoms with Crippen LogP contribution in [-0.2, 0) is 10.9 Å². The van der Waals surface area contributed by atoms with E-state index in [0.717, 1.165) is 38.0 Å². The number of anilines is 1. The molecule has 1 aromatic rings. The summed E-state index contributed by atoms with van der Waals surface area (Å²) in [6.45, 7) is 7.98. The number of alkyl halides is 3. The first-order valence-corrected chi connectivity index (χ1v) is 11.1. The molecular formula is C23H32F3N5O. The number of methoxy groups -OCH3 is 1. The van der Waals surface area contributed by atoms with Gasteiger partial charge in [-0.2, -0.15) is 13.2 Å². The third-order valence-electron chi connectivity index (χ3n) is 7.01. The van der Waals surface area contributed by atoms with Gasteiger partial charge in [-0.25, -0.2) is 4.98 Å². The van der Waals surface area contributed by atoms with Crippen molar-refractivity contribution in [3.8, 4) is 0 Å². The first-order valence-electron chi connectivity index (χ1n) is 11.1. The molecular weight excluding hydrogens is 419 g/mol. The Kier molecular flexibility index (Phi) is 6.00. The molecule has 6 nitrogen and oxygen atoms in total. The number of rotatable bonds is 7. The summed E-state index contributed by atoms with van der Waals surface area (Å²) in [6, 6.07) is 1.04. The Balaban J connectivity index is 1.47. The quantitative estimate of drug-likeness (QED) is 0.620. The van der Waals surface area contributed by atoms with E-state index in [1.54, 1.807) is 13.2 Å². The fourth-order valence-corrected chi connectivity index (χ4v) is 5.68. The Bertz CT molecular complexity index is 907. The number of allylic oxidation sites excluding steroid dienone is 1. The van der Waals surface area contributed by atoms with E-state index < -0.39 is 17.6 Å². The lowest BCUT2D eigenvalue weighted by atomic mass is 9.74. The number of fused-ring (bicyclic) bond motifs is 1. The Morgan fingerprint density at radius 2 is 2.00 bits per heavy atom. The molecule has 3 aliphatic rings. The van der Waals surface area contributed by atoms with Gasteiger partial charge in [-0.3, -0.25) is 9.89 Å². The molecule has 2 unspecified atom stereocenters. The van der Waals surface area contributed by atoms with Gasteiger partial charge in [0.15, 0.2) is 0 Å². The fourth-order valence-electron chi connectivity index (χ4n) is 5.68. The largest absolute Gasteiger partial charge is 0.419 e. The van der Waals surface area contributed by atoms with Crippen LogP contribution in [0.25, 0.3) is 5.70 Å². The van der Waals surface area contributed by atoms with Gasteiger partial charge in [-0.05, 0) is 56.1 Å². The highest BCUT2D eigenvalue weighted by atomic mass is 19.4. The van der Waals surface area contributed by atoms with Crippen LogP contribution in [0, 0.1) is 23.2 Å². The first kappa shape index (κ1) is 23.0. The minimum absolute atomic E-state index is 0.0767. The summed E-state index contributed by atoms with van der Waals surface area (Å²) in [4.78, 5) is 10.9. The normalized spacial score (nSPS) is 27.7. The van der Waals surface area contributed by atoms with Crippen LogP contribution in [0.3, 0.4) is 0 Å². The van der Waals surface area contributed by atoms with E-state index >= 15 is 0 Å². The van der Waals surface area contributed by atoms with E-state index in [9.17, 15) is 13.2 Å². The lowest BCUT2D eigenvalue weighted by molar-refractivity contribution is -0.137. The van der Waals surface area contributed by atoms with Crippen molar-refractivity contribution < 1.29 is 17.9 Å². The van der Waals surface area contributed by atoms with E-state index in [-0.39, 0.29) is 17.3 Å². The molecule has 2 atom stereocenters. The van der Waals surface area contributed by atoms with Gasteiger partial charge in [0.2, 0.25) is 0 Å². The monoisotopic (exact) mass is 451 g/mol. The molecule has 1 spiro atoms. The van der Waals surface area contributed by atoms with Gasteiger partial charge in [0.05, 0.1) is 12.2 Å². The minimum atomic E-state index is -4.58. The summed E-state index contributed by atoms with van der Waals surface area (Å²) in [6.07, 6.45) is 0.810. The lowest BCUT2D eigenvalue weighted by Gasteiger charge is -2.49. The highest BCUT2D eigenvalue weighted by Crippen LogP contribution is 2.66. The Morgan fingerprint density at radius 1 is 1.34 bits per heavy atom. The zero-order valence-corrected chi connectivity index (χ0v) is 18.8. The number of hydrogen-bond donors (Lipinski definition) is 2. The Hall–Kier alpha value is -2.13. The van der Waals surface area contributed by atoms with Gasteiger partial charge in [0.1, 0.15) is 5.82 Å². The lowest BCUT2D eigenvalue weighted by Crippen LogP contribution is -2.56. The Morgan fingerprint density at radius 3 is 2.56 bits per heavy atom. The molecule has 1 saturated heterocycles. The van der Waals surface area contributed by atoms with Gasteiger partial charge < -0.3 is 16.2 Å². The standard InChI is InChI=1S/C23H32F3N5O/c1-13(2)30-19(7-18(27)14-6-17(23(24,25)26)21(28)29-10-14)20-15-8-22(9-16(15)20)11-31(12-22)4-5-32-3/h6-7,10,13,15-16,20H,4-5,8-9,11-12,27H2,1-3H3,(H2,28,29). The zero-order chi connectivity index (χ0) is 23.3. The van der Waals surface area contributed by atoms with Crippen molar-refractivity contribution in [2.75, 3.05) is 39.1 Å². The van der Waals surface area contributed by atoms with Crippen molar-refractivity contribution in [3.05, 3.63) is 29.5 Å². The average Bonchev–Trinajstić information content (AvgIpc) is 3.18. The number of ether oxygens (including phenoxy) is 1. The SMILES string of the molecule is COCCN1CC2(CC3C(C2)C3C(C=C(N)c2cnc(N)c(C(F)(F)F)c2)=NC(C)C)C1. The van der Waals surface area contributed by atoms with Crippen molar-refractivity contribution in [2.24, 2.45) is 33.9 Å². The van der Waals surface area contributed by atoms with Crippen LogP contribution < -0.4 is 11.5 Å². The summed E-state index contributed by atoms with van der Waals surface area (Å²) in [5, 5.41) is 0. The summed E-state index contributed by atoms with van der Waals surface area (Å²) in [5.74, 6) is 0.943. The van der Waals surface area contributed by atoms with Crippen LogP contribution in [0.4, 0.5) is 19.0 Å². The number of halogens is 3. The van der Waals surface area contributed by atoms with E-state index in [1.165, 1.54) is 19.0 Å². The number of hydrogen-bond acceptors (Lipinski definition) is 6. The molecule has 2 heterocycles. The second kappa shape index (κ2) is 8.33. The molecule has 4 rings (SSSR count). The highest BCUT2D eigenvalue weighted by molar-refractivity contribution is 6.04. The van der Waals surface area contributed by atoms with Crippen LogP contribution in [-0.4, -0.2) is 55.0 Å². The van der Waals surface area contributed by atoms with Gasteiger partial charge in [-0.1, -0.05) is 0 Å². The van der Waals surface area contributed by atoms with Gasteiger partial charge in [0, 0.05) is 61.9 Å². The van der Waals surface area contributed by atoms with Crippen molar-refractivity contribution in [1.29, 1.82) is 0 Å². The van der Waals surface area contributed by atoms with E-state index in [1.807, 2.05) is 13.8 Å². The summed E-state index contributed by atoms with van der Waals surface area (Å²) >= 11 is 0. The molecule has 3 fully saturated rings. The second-order valence-corrected chi connectivity index (χ2v) is 9.87. The van der Waals surface area contributed by atoms with E-state index in [2.05, 4.69) is 9.88 Å². The Labute approximate surface area is 186 Å². The summed E-state index contributed by atoms with van der Waals surface area (Å²) < 4.78 is 44.8. The summed E-state index contributed by atoms with van der Waals surface area (Å²) in [5.41, 5.74) is 12.4. The highest BCUT2D eigenvalue weighted by Gasteiger charge is 2.65. The predicted molar refractivity (Wildman–Crippen MR) is 119 cm³/mol. The third kappa shape index (κ3) is 4.50. The number of likely N-dealkylation sites (tertiary alicyclic amines) is 1. The van der Waals surface area contributed by atoms with E-state index in [0.29, 0.717) is 23.2 Å². The molecule has 4 N–H and O–H groups in total. The molecule has 1 aliphatic heterocycles. The number of nitrogens with two attached hydrogens (primary N) is 2. The predicted octanol–water partition coefficient (Wildman–Crippen LogP) is 3.44. The number of pyridine rings is 1. The average molecular weight is 452 g/mol. The molecule has 2 aliphatic carbocycles. The maximum Gasteiger partial charge on any atom is 0.419 e. The molecule has 176 valence electrons. The molecule has 0 radical (unpaired) electrons. The molecule has 0 bridgehead atoms. The van der Waals surface area contributed by atoms with Crippen molar-refractivity contribution in [1.82, 2.24) is 9.88 Å². The van der Waals surface area contributed by atoms with Crippen molar-refractivity contribution in [2.45, 2.75) is 38.9 Å². The molecule has 0 aromatic carbocycles. The molecule has 32 heavy (non-hydrogen) atoms. The van der Waals surface area contributed by atoms with Crippen molar-refractivity contribution >= 4 is 17.2 Å².